The number of thioether (sulfide) groups is 1. The number of allylic oxidation sites excluding steroid dienone is 4. The van der Waals surface area contributed by atoms with Gasteiger partial charge in [-0.25, -0.2) is 13.2 Å². The monoisotopic (exact) mass is 845 g/mol. The summed E-state index contributed by atoms with van der Waals surface area (Å²) in [7, 11) is 0. The van der Waals surface area contributed by atoms with Crippen LogP contribution in [0.5, 0.6) is 5.75 Å². The molecule has 6 rings (SSSR count). The highest BCUT2D eigenvalue weighted by Crippen LogP contribution is 2.67. The largest absolute Gasteiger partial charge is 0.508 e. The lowest BCUT2D eigenvalue weighted by Gasteiger charge is -2.60. The van der Waals surface area contributed by atoms with Crippen molar-refractivity contribution in [2.24, 2.45) is 29.1 Å². The smallest absolute Gasteiger partial charge is 0.223 e. The van der Waals surface area contributed by atoms with Crippen molar-refractivity contribution >= 4 is 22.7 Å². The number of hydrogen-bond acceptors (Lipinski definition) is 10. The van der Waals surface area contributed by atoms with Gasteiger partial charge in [-0.3, -0.25) is 9.59 Å². The van der Waals surface area contributed by atoms with Crippen LogP contribution in [0.4, 0.5) is 13.2 Å². The maximum Gasteiger partial charge on any atom is 0.223 e. The number of halogens is 3. The second kappa shape index (κ2) is 21.2. The molecule has 4 unspecified atom stereocenters. The van der Waals surface area contributed by atoms with Crippen molar-refractivity contribution in [1.29, 1.82) is 0 Å². The van der Waals surface area contributed by atoms with Gasteiger partial charge >= 0.3 is 0 Å². The van der Waals surface area contributed by atoms with Crippen LogP contribution in [-0.2, 0) is 27.4 Å². The number of ether oxygens (including phenoxy) is 1. The maximum atomic E-state index is 16.7. The van der Waals surface area contributed by atoms with Gasteiger partial charge in [0.2, 0.25) is 5.12 Å². The van der Waals surface area contributed by atoms with Crippen LogP contribution < -0.4 is 5.32 Å². The number of aryl methyl sites for hydroxylation is 1. The molecule has 4 aliphatic rings. The lowest BCUT2D eigenvalue weighted by molar-refractivity contribution is -0.194. The number of nitrogens with one attached hydrogen (secondary N) is 1. The van der Waals surface area contributed by atoms with Crippen molar-refractivity contribution in [2.45, 2.75) is 114 Å². The number of fused-ring (bicyclic) bond motifs is 5. The molecule has 0 aliphatic heterocycles. The fourth-order valence-corrected chi connectivity index (χ4v) is 10.7. The van der Waals surface area contributed by atoms with Gasteiger partial charge in [-0.05, 0) is 118 Å². The Kier molecular flexibility index (Phi) is 16.9. The van der Waals surface area contributed by atoms with Crippen molar-refractivity contribution in [1.82, 2.24) is 5.32 Å². The summed E-state index contributed by atoms with van der Waals surface area (Å²) in [5, 5.41) is 53.7. The number of carbonyl (C=O) groups excluding carboxylic acids is 2. The van der Waals surface area contributed by atoms with Crippen molar-refractivity contribution in [3.63, 3.8) is 0 Å². The molecule has 326 valence electrons. The van der Waals surface area contributed by atoms with E-state index in [1.807, 2.05) is 0 Å². The molecule has 3 saturated carbocycles. The minimum absolute atomic E-state index is 0.0339. The number of aliphatic hydroxyl groups excluding tert-OH is 3. The zero-order valence-electron chi connectivity index (χ0n) is 34.2. The molecule has 0 radical (unpaired) electrons. The standard InChI is InChI=1S/C25H37NO4.C21H25F3O4S/c27-20-23-18-22(13-14-24(23)28)25(29)19-26-15-7-1-2-8-16-30-17-9-6-12-21-10-4-3-5-11-21;1-10-5-12-13(20(10,28)18(27)29-9-22)8-17(26)21(24)14(12)7-16(23)15-6-11(25)3-4-19(15,21)2/h3-5,10-11,13-14,18,25-29H,1-2,6-9,12,15-17,19-20H2;3-4,6,10,12-14,16-17,26,28H,5,7-9H2,1-2H3/t;10-,12?,13?,14?,16+,17+,19+,20-,21+/m.1/s1. The Balaban J connectivity index is 0.000000224. The molecule has 0 amide bonds. The van der Waals surface area contributed by atoms with E-state index < -0.39 is 75.6 Å². The van der Waals surface area contributed by atoms with E-state index in [1.165, 1.54) is 37.1 Å². The molecule has 3 fully saturated rings. The quantitative estimate of drug-likeness (QED) is 0.0850. The van der Waals surface area contributed by atoms with E-state index in [0.29, 0.717) is 29.4 Å². The van der Waals surface area contributed by atoms with Gasteiger partial charge in [-0.2, -0.15) is 0 Å². The topological polar surface area (TPSA) is 157 Å². The van der Waals surface area contributed by atoms with Gasteiger partial charge in [0.25, 0.3) is 0 Å². The van der Waals surface area contributed by atoms with Crippen LogP contribution in [-0.4, -0.2) is 92.3 Å². The van der Waals surface area contributed by atoms with E-state index in [1.54, 1.807) is 19.1 Å². The minimum Gasteiger partial charge on any atom is -0.508 e. The highest BCUT2D eigenvalue weighted by molar-refractivity contribution is 8.13. The number of carbonyl (C=O) groups is 2. The summed E-state index contributed by atoms with van der Waals surface area (Å²) < 4.78 is 50.4. The highest BCUT2D eigenvalue weighted by Gasteiger charge is 2.72. The molecule has 13 heteroatoms. The summed E-state index contributed by atoms with van der Waals surface area (Å²) in [5.41, 5.74) is -3.04. The van der Waals surface area contributed by atoms with Gasteiger partial charge in [0.05, 0.1) is 18.8 Å². The summed E-state index contributed by atoms with van der Waals surface area (Å²) in [6.07, 6.45) is 7.66. The number of benzene rings is 2. The number of aliphatic hydroxyl groups is 4. The number of alkyl halides is 3. The zero-order chi connectivity index (χ0) is 42.8. The van der Waals surface area contributed by atoms with Gasteiger partial charge in [0.15, 0.2) is 11.5 Å². The zero-order valence-corrected chi connectivity index (χ0v) is 35.0. The van der Waals surface area contributed by atoms with Crippen molar-refractivity contribution in [2.75, 3.05) is 32.3 Å². The number of aromatic hydroxyl groups is 1. The molecule has 0 heterocycles. The minimum atomic E-state index is -2.24. The van der Waals surface area contributed by atoms with E-state index in [4.69, 9.17) is 4.74 Å². The van der Waals surface area contributed by atoms with Crippen LogP contribution in [0.3, 0.4) is 0 Å². The molecule has 6 N–H and O–H groups in total. The van der Waals surface area contributed by atoms with Crippen molar-refractivity contribution < 1.29 is 53.0 Å². The first-order valence-electron chi connectivity index (χ1n) is 21.1. The Morgan fingerprint density at radius 1 is 1.02 bits per heavy atom. The third kappa shape index (κ3) is 10.4. The number of ketones is 1. The van der Waals surface area contributed by atoms with Crippen molar-refractivity contribution in [3.8, 4) is 5.75 Å². The summed E-state index contributed by atoms with van der Waals surface area (Å²) in [4.78, 5) is 24.3. The summed E-state index contributed by atoms with van der Waals surface area (Å²) >= 11 is 0.372. The molecule has 9 nitrogen and oxygen atoms in total. The summed E-state index contributed by atoms with van der Waals surface area (Å²) in [5.74, 6) is -3.17. The lowest BCUT2D eigenvalue weighted by Crippen LogP contribution is -2.67. The Hall–Kier alpha value is -3.04. The molecule has 0 spiro atoms. The first-order chi connectivity index (χ1) is 28.2. The molecular weight excluding hydrogens is 784 g/mol. The Morgan fingerprint density at radius 3 is 2.44 bits per heavy atom. The van der Waals surface area contributed by atoms with Gasteiger partial charge in [-0.1, -0.05) is 74.0 Å². The number of rotatable bonds is 18. The maximum absolute atomic E-state index is 16.7. The normalized spacial score (nSPS) is 31.3. The van der Waals surface area contributed by atoms with Gasteiger partial charge < -0.3 is 35.6 Å². The first-order valence-corrected chi connectivity index (χ1v) is 22.1. The Bertz CT molecular complexity index is 1770. The van der Waals surface area contributed by atoms with Crippen LogP contribution >= 0.6 is 11.8 Å². The molecule has 2 aromatic carbocycles. The highest BCUT2D eigenvalue weighted by atomic mass is 32.2. The molecule has 0 saturated heterocycles. The second-order valence-electron chi connectivity index (χ2n) is 16.9. The van der Waals surface area contributed by atoms with Crippen molar-refractivity contribution in [3.05, 3.63) is 89.0 Å². The van der Waals surface area contributed by atoms with Crippen LogP contribution in [0.15, 0.2) is 72.3 Å². The van der Waals surface area contributed by atoms with Crippen LogP contribution in [0.1, 0.15) is 94.4 Å². The van der Waals surface area contributed by atoms with E-state index >= 15 is 8.78 Å². The fraction of sp³-hybridized carbons (Fsp3) is 0.609. The van der Waals surface area contributed by atoms with Gasteiger partial charge in [0, 0.05) is 42.6 Å². The van der Waals surface area contributed by atoms with Crippen LogP contribution in [0, 0.1) is 29.1 Å². The number of phenols is 1. The van der Waals surface area contributed by atoms with E-state index in [2.05, 4.69) is 35.6 Å². The number of hydrogen-bond donors (Lipinski definition) is 6. The van der Waals surface area contributed by atoms with E-state index in [9.17, 15) is 39.5 Å². The summed E-state index contributed by atoms with van der Waals surface area (Å²) in [6, 6.07) is 14.4. The average molecular weight is 846 g/mol. The molecule has 10 atom stereocenters. The molecule has 0 bridgehead atoms. The van der Waals surface area contributed by atoms with Crippen LogP contribution in [0.2, 0.25) is 0 Å². The van der Waals surface area contributed by atoms with E-state index in [-0.39, 0.29) is 37.2 Å². The van der Waals surface area contributed by atoms with Crippen LogP contribution in [0.25, 0.3) is 0 Å². The predicted molar refractivity (Wildman–Crippen MR) is 223 cm³/mol. The third-order valence-electron chi connectivity index (χ3n) is 13.3. The van der Waals surface area contributed by atoms with Gasteiger partial charge in [0.1, 0.15) is 23.5 Å². The van der Waals surface area contributed by atoms with Gasteiger partial charge in [-0.15, -0.1) is 0 Å². The molecular formula is C46H62F3NO8S. The molecule has 0 aromatic heterocycles. The average Bonchev–Trinajstić information content (AvgIpc) is 3.48. The number of unbranched alkanes of at least 4 members (excludes halogenated alkanes) is 4. The SMILES string of the molecule is C[C@@H]1CC2C(C[C@H](O)[C@@]3(F)C2C[C@H](F)C2=CC(=O)C=C[C@@]23C)[C@@]1(O)C(=O)SCF.OCc1cc(C(O)CNCCCCCCOCCCCc2ccccc2)ccc1O. The molecule has 4 aliphatic carbocycles. The lowest BCUT2D eigenvalue weighted by atomic mass is 9.47. The molecule has 2 aromatic rings. The predicted octanol–water partition coefficient (Wildman–Crippen LogP) is 7.19. The first kappa shape index (κ1) is 47.0. The third-order valence-corrected chi connectivity index (χ3v) is 14.0. The fourth-order valence-electron chi connectivity index (χ4n) is 10.0. The summed E-state index contributed by atoms with van der Waals surface area (Å²) in [6.45, 7) is 5.93. The Labute approximate surface area is 350 Å². The molecule has 59 heavy (non-hydrogen) atoms. The van der Waals surface area contributed by atoms with E-state index in [0.717, 1.165) is 64.4 Å². The Morgan fingerprint density at radius 2 is 1.73 bits per heavy atom. The second-order valence-corrected chi connectivity index (χ2v) is 17.8.